The normalized spacial score (nSPS) is 10.6. The molecule has 0 aliphatic carbocycles. The Hall–Kier alpha value is -1.95. The smallest absolute Gasteiger partial charge is 0.337 e. The van der Waals surface area contributed by atoms with Gasteiger partial charge in [0.15, 0.2) is 0 Å². The molecule has 16 heavy (non-hydrogen) atoms. The van der Waals surface area contributed by atoms with E-state index in [9.17, 15) is 4.79 Å². The van der Waals surface area contributed by atoms with E-state index in [2.05, 4.69) is 11.2 Å². The van der Waals surface area contributed by atoms with Gasteiger partial charge in [-0.05, 0) is 32.9 Å². The van der Waals surface area contributed by atoms with Crippen LogP contribution in [0.25, 0.3) is 0 Å². The summed E-state index contributed by atoms with van der Waals surface area (Å²) in [4.78, 5) is 11.1. The molecule has 0 aliphatic heterocycles. The predicted molar refractivity (Wildman–Crippen MR) is 64.7 cm³/mol. The van der Waals surface area contributed by atoms with Crippen LogP contribution in [0.5, 0.6) is 0 Å². The number of aryl methyl sites for hydroxylation is 1. The van der Waals surface area contributed by atoms with Gasteiger partial charge in [0, 0.05) is 5.69 Å². The first kappa shape index (κ1) is 12.1. The lowest BCUT2D eigenvalue weighted by atomic mass is 10.0. The maximum atomic E-state index is 11.1. The third-order valence-electron chi connectivity index (χ3n) is 2.21. The lowest BCUT2D eigenvalue weighted by Gasteiger charge is -2.22. The van der Waals surface area contributed by atoms with Gasteiger partial charge in [-0.2, -0.15) is 0 Å². The standard InChI is InChI=1S/C13H15NO2/c1-5-13(3,4)14-11-7-6-9(2)8-10(11)12(15)16/h1,6-8,14H,2-4H3,(H,15,16). The van der Waals surface area contributed by atoms with Crippen LogP contribution in [0.2, 0.25) is 0 Å². The monoisotopic (exact) mass is 217 g/mol. The molecule has 1 aromatic carbocycles. The fraction of sp³-hybridized carbons (Fsp3) is 0.308. The van der Waals surface area contributed by atoms with Crippen LogP contribution in [0, 0.1) is 19.3 Å². The molecule has 0 fully saturated rings. The zero-order chi connectivity index (χ0) is 12.3. The summed E-state index contributed by atoms with van der Waals surface area (Å²) >= 11 is 0. The van der Waals surface area contributed by atoms with Gasteiger partial charge in [0.05, 0.1) is 11.1 Å². The third-order valence-corrected chi connectivity index (χ3v) is 2.21. The molecule has 0 spiro atoms. The molecule has 0 saturated carbocycles. The number of anilines is 1. The predicted octanol–water partition coefficient (Wildman–Crippen LogP) is 2.52. The van der Waals surface area contributed by atoms with E-state index in [1.54, 1.807) is 12.1 Å². The number of carboxylic acids is 1. The molecule has 0 amide bonds. The van der Waals surface area contributed by atoms with Gasteiger partial charge in [-0.15, -0.1) is 6.42 Å². The van der Waals surface area contributed by atoms with Gasteiger partial charge in [0.1, 0.15) is 0 Å². The summed E-state index contributed by atoms with van der Waals surface area (Å²) in [5.74, 6) is 1.61. The summed E-state index contributed by atoms with van der Waals surface area (Å²) in [6.45, 7) is 5.49. The highest BCUT2D eigenvalue weighted by atomic mass is 16.4. The number of benzene rings is 1. The van der Waals surface area contributed by atoms with Gasteiger partial charge < -0.3 is 10.4 Å². The molecule has 3 heteroatoms. The van der Waals surface area contributed by atoms with Crippen molar-refractivity contribution in [2.75, 3.05) is 5.32 Å². The molecule has 0 atom stereocenters. The SMILES string of the molecule is C#CC(C)(C)Nc1ccc(C)cc1C(=O)O. The van der Waals surface area contributed by atoms with Crippen LogP contribution >= 0.6 is 0 Å². The van der Waals surface area contributed by atoms with Crippen LogP contribution in [0.4, 0.5) is 5.69 Å². The minimum absolute atomic E-state index is 0.239. The maximum absolute atomic E-state index is 11.1. The lowest BCUT2D eigenvalue weighted by molar-refractivity contribution is 0.0698. The first-order chi connectivity index (χ1) is 7.35. The molecule has 0 heterocycles. The molecule has 2 N–H and O–H groups in total. The molecule has 0 radical (unpaired) electrons. The van der Waals surface area contributed by atoms with Crippen LogP contribution in [0.15, 0.2) is 18.2 Å². The fourth-order valence-corrected chi connectivity index (χ4v) is 1.32. The van der Waals surface area contributed by atoms with Crippen LogP contribution in [-0.4, -0.2) is 16.6 Å². The third kappa shape index (κ3) is 2.77. The largest absolute Gasteiger partial charge is 0.478 e. The zero-order valence-electron chi connectivity index (χ0n) is 9.66. The number of hydrogen-bond donors (Lipinski definition) is 2. The van der Waals surface area contributed by atoms with Gasteiger partial charge in [0.2, 0.25) is 0 Å². The molecular formula is C13H15NO2. The minimum Gasteiger partial charge on any atom is -0.478 e. The van der Waals surface area contributed by atoms with E-state index in [4.69, 9.17) is 11.5 Å². The number of carboxylic acid groups (broad SMARTS) is 1. The van der Waals surface area contributed by atoms with Crippen molar-refractivity contribution >= 4 is 11.7 Å². The highest BCUT2D eigenvalue weighted by Gasteiger charge is 2.17. The van der Waals surface area contributed by atoms with Crippen molar-refractivity contribution in [3.05, 3.63) is 29.3 Å². The minimum atomic E-state index is -0.959. The van der Waals surface area contributed by atoms with E-state index in [0.717, 1.165) is 5.56 Å². The van der Waals surface area contributed by atoms with E-state index >= 15 is 0 Å². The van der Waals surface area contributed by atoms with Crippen LogP contribution < -0.4 is 5.32 Å². The number of rotatable bonds is 3. The Morgan fingerprint density at radius 2 is 2.12 bits per heavy atom. The second kappa shape index (κ2) is 4.28. The summed E-state index contributed by atoms with van der Waals surface area (Å²) in [5.41, 5.74) is 1.12. The molecule has 1 aromatic rings. The second-order valence-electron chi connectivity index (χ2n) is 4.25. The van der Waals surface area contributed by atoms with E-state index in [0.29, 0.717) is 5.69 Å². The number of carbonyl (C=O) groups is 1. The van der Waals surface area contributed by atoms with Crippen molar-refractivity contribution in [3.8, 4) is 12.3 Å². The van der Waals surface area contributed by atoms with Crippen LogP contribution in [0.3, 0.4) is 0 Å². The molecular weight excluding hydrogens is 202 g/mol. The zero-order valence-corrected chi connectivity index (χ0v) is 9.66. The van der Waals surface area contributed by atoms with Gasteiger partial charge in [0.25, 0.3) is 0 Å². The Kier molecular flexibility index (Phi) is 3.24. The van der Waals surface area contributed by atoms with Crippen molar-refractivity contribution in [2.45, 2.75) is 26.3 Å². The van der Waals surface area contributed by atoms with Gasteiger partial charge in [-0.3, -0.25) is 0 Å². The summed E-state index contributed by atoms with van der Waals surface area (Å²) in [5, 5.41) is 12.1. The summed E-state index contributed by atoms with van der Waals surface area (Å²) < 4.78 is 0. The van der Waals surface area contributed by atoms with Crippen LogP contribution in [0.1, 0.15) is 29.8 Å². The lowest BCUT2D eigenvalue weighted by Crippen LogP contribution is -2.29. The molecule has 0 saturated heterocycles. The van der Waals surface area contributed by atoms with Gasteiger partial charge in [-0.1, -0.05) is 17.6 Å². The van der Waals surface area contributed by atoms with E-state index < -0.39 is 11.5 Å². The highest BCUT2D eigenvalue weighted by Crippen LogP contribution is 2.21. The Labute approximate surface area is 95.5 Å². The number of hydrogen-bond acceptors (Lipinski definition) is 2. The summed E-state index contributed by atoms with van der Waals surface area (Å²) in [7, 11) is 0. The van der Waals surface area contributed by atoms with Gasteiger partial charge in [-0.25, -0.2) is 4.79 Å². The Bertz CT molecular complexity index is 455. The average molecular weight is 217 g/mol. The summed E-state index contributed by atoms with van der Waals surface area (Å²) in [6.07, 6.45) is 5.35. The van der Waals surface area contributed by atoms with Crippen molar-refractivity contribution in [1.29, 1.82) is 0 Å². The molecule has 0 unspecified atom stereocenters. The van der Waals surface area contributed by atoms with E-state index in [1.165, 1.54) is 0 Å². The fourth-order valence-electron chi connectivity index (χ4n) is 1.32. The first-order valence-corrected chi connectivity index (χ1v) is 4.95. The average Bonchev–Trinajstić information content (AvgIpc) is 2.20. The first-order valence-electron chi connectivity index (χ1n) is 4.95. The van der Waals surface area contributed by atoms with Crippen molar-refractivity contribution in [3.63, 3.8) is 0 Å². The second-order valence-corrected chi connectivity index (χ2v) is 4.25. The number of nitrogens with one attached hydrogen (secondary N) is 1. The van der Waals surface area contributed by atoms with Crippen molar-refractivity contribution < 1.29 is 9.90 Å². The summed E-state index contributed by atoms with van der Waals surface area (Å²) in [6, 6.07) is 5.20. The van der Waals surface area contributed by atoms with Crippen molar-refractivity contribution in [2.24, 2.45) is 0 Å². The Morgan fingerprint density at radius 1 is 1.50 bits per heavy atom. The quantitative estimate of drug-likeness (QED) is 0.765. The molecule has 0 bridgehead atoms. The van der Waals surface area contributed by atoms with E-state index in [1.807, 2.05) is 26.8 Å². The molecule has 84 valence electrons. The van der Waals surface area contributed by atoms with E-state index in [-0.39, 0.29) is 5.56 Å². The number of aromatic carboxylic acids is 1. The van der Waals surface area contributed by atoms with Gasteiger partial charge >= 0.3 is 5.97 Å². The molecule has 0 aliphatic rings. The van der Waals surface area contributed by atoms with Crippen LogP contribution in [-0.2, 0) is 0 Å². The number of terminal acetylenes is 1. The molecule has 3 nitrogen and oxygen atoms in total. The van der Waals surface area contributed by atoms with Crippen molar-refractivity contribution in [1.82, 2.24) is 0 Å². The Morgan fingerprint density at radius 3 is 2.62 bits per heavy atom. The molecule has 1 rings (SSSR count). The molecule has 0 aromatic heterocycles. The topological polar surface area (TPSA) is 49.3 Å². The maximum Gasteiger partial charge on any atom is 0.337 e. The highest BCUT2D eigenvalue weighted by molar-refractivity contribution is 5.94. The Balaban J connectivity index is 3.15.